The fourth-order valence-corrected chi connectivity index (χ4v) is 6.60. The lowest BCUT2D eigenvalue weighted by molar-refractivity contribution is 0.314. The fourth-order valence-electron chi connectivity index (χ4n) is 6.60. The maximum atomic E-state index is 2.42. The van der Waals surface area contributed by atoms with Crippen LogP contribution < -0.4 is 0 Å². The molecule has 30 heavy (non-hydrogen) atoms. The summed E-state index contributed by atoms with van der Waals surface area (Å²) in [6.45, 7) is 0. The van der Waals surface area contributed by atoms with E-state index in [-0.39, 0.29) is 0 Å². The largest absolute Gasteiger partial charge is 0.0620 e. The van der Waals surface area contributed by atoms with Gasteiger partial charge in [-0.15, -0.1) is 0 Å². The van der Waals surface area contributed by atoms with Gasteiger partial charge < -0.3 is 0 Å². The molecule has 144 valence electrons. The summed E-state index contributed by atoms with van der Waals surface area (Å²) >= 11 is 0. The summed E-state index contributed by atoms with van der Waals surface area (Å²) in [5.41, 5.74) is 4.81. The van der Waals surface area contributed by atoms with E-state index in [1.807, 2.05) is 0 Å². The molecule has 0 spiro atoms. The van der Waals surface area contributed by atoms with Gasteiger partial charge in [0.25, 0.3) is 0 Å². The van der Waals surface area contributed by atoms with E-state index in [1.54, 1.807) is 16.7 Å². The Labute approximate surface area is 177 Å². The third kappa shape index (κ3) is 2.22. The van der Waals surface area contributed by atoms with Gasteiger partial charge in [-0.3, -0.25) is 0 Å². The van der Waals surface area contributed by atoms with E-state index in [4.69, 9.17) is 0 Å². The molecule has 0 nitrogen and oxygen atoms in total. The maximum Gasteiger partial charge on any atom is -0.00700 e. The third-order valence-electron chi connectivity index (χ3n) is 7.88. The van der Waals surface area contributed by atoms with Gasteiger partial charge in [0.2, 0.25) is 0 Å². The van der Waals surface area contributed by atoms with Gasteiger partial charge in [0.05, 0.1) is 0 Å². The molecule has 0 aromatic heterocycles. The summed E-state index contributed by atoms with van der Waals surface area (Å²) in [5, 5.41) is 8.35. The van der Waals surface area contributed by atoms with Crippen LogP contribution >= 0.6 is 0 Å². The SMILES string of the molecule is c1ccc2c(c1)C1CCC2C(c2cccc3ccc4c5ccccc5ccc4c23)C1. The zero-order valence-corrected chi connectivity index (χ0v) is 17.0. The Hall–Kier alpha value is -3.12. The molecule has 0 radical (unpaired) electrons. The molecule has 3 unspecified atom stereocenters. The van der Waals surface area contributed by atoms with Crippen molar-refractivity contribution in [3.63, 3.8) is 0 Å². The molecule has 3 atom stereocenters. The molecule has 2 bridgehead atoms. The first-order valence-corrected chi connectivity index (χ1v) is 11.3. The molecule has 0 N–H and O–H groups in total. The van der Waals surface area contributed by atoms with Crippen LogP contribution in [-0.2, 0) is 0 Å². The van der Waals surface area contributed by atoms with Crippen LogP contribution in [0.25, 0.3) is 32.3 Å². The quantitative estimate of drug-likeness (QED) is 0.255. The molecule has 0 amide bonds. The van der Waals surface area contributed by atoms with Crippen molar-refractivity contribution in [1.82, 2.24) is 0 Å². The first-order chi connectivity index (χ1) is 14.9. The van der Waals surface area contributed by atoms with Crippen LogP contribution in [0.3, 0.4) is 0 Å². The second-order valence-corrected chi connectivity index (χ2v) is 9.24. The molecular formula is C30H24. The Balaban J connectivity index is 1.51. The molecule has 0 heteroatoms. The van der Waals surface area contributed by atoms with Crippen molar-refractivity contribution in [3.8, 4) is 0 Å². The predicted molar refractivity (Wildman–Crippen MR) is 127 cm³/mol. The van der Waals surface area contributed by atoms with Crippen molar-refractivity contribution in [2.24, 2.45) is 0 Å². The van der Waals surface area contributed by atoms with E-state index < -0.39 is 0 Å². The number of benzene rings is 5. The number of hydrogen-bond acceptors (Lipinski definition) is 0. The zero-order valence-electron chi connectivity index (χ0n) is 17.0. The summed E-state index contributed by atoms with van der Waals surface area (Å²) in [5.74, 6) is 2.01. The number of fused-ring (bicyclic) bond motifs is 7. The van der Waals surface area contributed by atoms with Gasteiger partial charge in [-0.2, -0.15) is 0 Å². The van der Waals surface area contributed by atoms with Crippen LogP contribution in [0.2, 0.25) is 0 Å². The van der Waals surface area contributed by atoms with Gasteiger partial charge in [0, 0.05) is 0 Å². The van der Waals surface area contributed by atoms with Crippen LogP contribution in [0.4, 0.5) is 0 Å². The maximum absolute atomic E-state index is 2.42. The number of rotatable bonds is 1. The van der Waals surface area contributed by atoms with E-state index in [1.165, 1.54) is 51.6 Å². The molecule has 3 aliphatic carbocycles. The highest BCUT2D eigenvalue weighted by Crippen LogP contribution is 2.57. The van der Waals surface area contributed by atoms with Gasteiger partial charge in [-0.1, -0.05) is 91.0 Å². The highest BCUT2D eigenvalue weighted by molar-refractivity contribution is 6.18. The Morgan fingerprint density at radius 1 is 0.467 bits per heavy atom. The summed E-state index contributed by atoms with van der Waals surface area (Å²) in [6, 6.07) is 34.3. The fraction of sp³-hybridized carbons (Fsp3) is 0.200. The first-order valence-electron chi connectivity index (χ1n) is 11.3. The average Bonchev–Trinajstić information content (AvgIpc) is 2.83. The van der Waals surface area contributed by atoms with Gasteiger partial charge in [0.1, 0.15) is 0 Å². The standard InChI is InChI=1S/C30H24/c1-2-8-22-19(6-1)12-17-28-25(22)15-13-20-7-5-11-27(30(20)28)29-18-21-14-16-26(29)24-10-4-3-9-23(21)24/h1-13,15,17,21,26,29H,14,16,18H2. The summed E-state index contributed by atoms with van der Waals surface area (Å²) in [4.78, 5) is 0. The van der Waals surface area contributed by atoms with Crippen molar-refractivity contribution in [1.29, 1.82) is 0 Å². The molecule has 1 saturated carbocycles. The van der Waals surface area contributed by atoms with Crippen molar-refractivity contribution in [3.05, 3.63) is 108 Å². The van der Waals surface area contributed by atoms with Crippen LogP contribution in [0.15, 0.2) is 91.0 Å². The Morgan fingerprint density at radius 2 is 1.20 bits per heavy atom. The van der Waals surface area contributed by atoms with Crippen molar-refractivity contribution in [2.45, 2.75) is 37.0 Å². The molecule has 5 aromatic rings. The van der Waals surface area contributed by atoms with Gasteiger partial charge in [0.15, 0.2) is 0 Å². The van der Waals surface area contributed by atoms with Crippen LogP contribution in [-0.4, -0.2) is 0 Å². The zero-order chi connectivity index (χ0) is 19.7. The lowest BCUT2D eigenvalue weighted by Crippen LogP contribution is -2.28. The van der Waals surface area contributed by atoms with E-state index in [9.17, 15) is 0 Å². The summed E-state index contributed by atoms with van der Waals surface area (Å²) in [7, 11) is 0. The molecule has 3 aliphatic rings. The smallest absolute Gasteiger partial charge is 0.00700 e. The normalized spacial score (nSPS) is 22.6. The highest BCUT2D eigenvalue weighted by Gasteiger charge is 2.40. The lowest BCUT2D eigenvalue weighted by atomic mass is 9.60. The topological polar surface area (TPSA) is 0 Å². The average molecular weight is 385 g/mol. The van der Waals surface area contributed by atoms with E-state index in [0.717, 1.165) is 5.92 Å². The Bertz CT molecular complexity index is 1440. The molecule has 1 fully saturated rings. The molecule has 0 saturated heterocycles. The Morgan fingerprint density at radius 3 is 2.17 bits per heavy atom. The van der Waals surface area contributed by atoms with E-state index >= 15 is 0 Å². The molecular weight excluding hydrogens is 360 g/mol. The summed E-state index contributed by atoms with van der Waals surface area (Å²) in [6.07, 6.45) is 3.98. The van der Waals surface area contributed by atoms with Crippen molar-refractivity contribution >= 4 is 32.3 Å². The van der Waals surface area contributed by atoms with Gasteiger partial charge in [-0.25, -0.2) is 0 Å². The minimum atomic E-state index is 0.624. The molecule has 8 rings (SSSR count). The second kappa shape index (κ2) is 6.19. The monoisotopic (exact) mass is 384 g/mol. The first kappa shape index (κ1) is 16.7. The lowest BCUT2D eigenvalue weighted by Gasteiger charge is -2.44. The van der Waals surface area contributed by atoms with Crippen LogP contribution in [0.5, 0.6) is 0 Å². The summed E-state index contributed by atoms with van der Waals surface area (Å²) < 4.78 is 0. The van der Waals surface area contributed by atoms with Crippen molar-refractivity contribution < 1.29 is 0 Å². The van der Waals surface area contributed by atoms with Gasteiger partial charge >= 0.3 is 0 Å². The van der Waals surface area contributed by atoms with Crippen LogP contribution in [0.1, 0.15) is 53.7 Å². The minimum Gasteiger partial charge on any atom is -0.0620 e. The second-order valence-electron chi connectivity index (χ2n) is 9.24. The number of hydrogen-bond donors (Lipinski definition) is 0. The molecule has 0 heterocycles. The van der Waals surface area contributed by atoms with Crippen molar-refractivity contribution in [2.75, 3.05) is 0 Å². The third-order valence-corrected chi connectivity index (χ3v) is 7.88. The molecule has 0 aliphatic heterocycles. The van der Waals surface area contributed by atoms with E-state index in [0.29, 0.717) is 11.8 Å². The van der Waals surface area contributed by atoms with E-state index in [2.05, 4.69) is 91.0 Å². The molecule has 5 aromatic carbocycles. The minimum absolute atomic E-state index is 0.624. The predicted octanol–water partition coefficient (Wildman–Crippen LogP) is 8.29. The van der Waals surface area contributed by atoms with Crippen LogP contribution in [0, 0.1) is 0 Å². The van der Waals surface area contributed by atoms with Gasteiger partial charge in [-0.05, 0) is 86.0 Å². The Kier molecular flexibility index (Phi) is 3.44. The highest BCUT2D eigenvalue weighted by atomic mass is 14.4.